The first-order valence-corrected chi connectivity index (χ1v) is 12.0. The molecule has 1 unspecified atom stereocenters. The number of esters is 1. The Hall–Kier alpha value is -3.77. The third-order valence-corrected chi connectivity index (χ3v) is 6.52. The molecule has 1 saturated heterocycles. The van der Waals surface area contributed by atoms with E-state index in [1.165, 1.54) is 56.9 Å². The average molecular weight is 533 g/mol. The van der Waals surface area contributed by atoms with E-state index >= 15 is 0 Å². The highest BCUT2D eigenvalue weighted by Crippen LogP contribution is 2.38. The van der Waals surface area contributed by atoms with Gasteiger partial charge in [-0.25, -0.2) is 23.2 Å². The Morgan fingerprint density at radius 1 is 1.05 bits per heavy atom. The topological polar surface area (TPSA) is 108 Å². The minimum Gasteiger partial charge on any atom is -0.493 e. The van der Waals surface area contributed by atoms with Gasteiger partial charge in [-0.2, -0.15) is 5.10 Å². The Morgan fingerprint density at radius 3 is 2.29 bits per heavy atom. The predicted octanol–water partition coefficient (Wildman–Crippen LogP) is 2.79. The molecule has 0 saturated carbocycles. The predicted molar refractivity (Wildman–Crippen MR) is 131 cm³/mol. The maximum absolute atomic E-state index is 14.7. The Morgan fingerprint density at radius 2 is 1.74 bits per heavy atom. The van der Waals surface area contributed by atoms with Crippen LogP contribution in [-0.2, 0) is 16.9 Å². The van der Waals surface area contributed by atoms with E-state index in [0.29, 0.717) is 43.2 Å². The van der Waals surface area contributed by atoms with Gasteiger partial charge in [0.1, 0.15) is 36.0 Å². The molecule has 0 spiro atoms. The van der Waals surface area contributed by atoms with Gasteiger partial charge >= 0.3 is 5.97 Å². The van der Waals surface area contributed by atoms with Crippen LogP contribution in [0.25, 0.3) is 0 Å². The third kappa shape index (κ3) is 6.03. The number of nitrogens with zero attached hydrogens (tertiary/aromatic N) is 4. The standard InChI is InChI=1S/C26H30F2N4O6/c1-35-22-10-17(11-23(36-2)24(22)37-3)25(33)38-19-6-8-31(9-7-19)13-26(34,14-32-16-29-15-30-32)20-5-4-18(27)12-21(20)28/h4-5,10-12,15-16,19,34H,6-9,13-14H2,1-3H3. The lowest BCUT2D eigenvalue weighted by Crippen LogP contribution is -2.48. The number of carbonyl (C=O) groups is 1. The summed E-state index contributed by atoms with van der Waals surface area (Å²) in [7, 11) is 4.40. The highest BCUT2D eigenvalue weighted by Gasteiger charge is 2.37. The molecule has 10 nitrogen and oxygen atoms in total. The number of piperidine rings is 1. The van der Waals surface area contributed by atoms with Gasteiger partial charge in [-0.3, -0.25) is 4.90 Å². The van der Waals surface area contributed by atoms with Gasteiger partial charge in [0.2, 0.25) is 5.75 Å². The minimum atomic E-state index is -1.70. The zero-order valence-electron chi connectivity index (χ0n) is 21.4. The molecule has 0 radical (unpaired) electrons. The number of benzene rings is 2. The van der Waals surface area contributed by atoms with E-state index in [1.54, 1.807) is 0 Å². The van der Waals surface area contributed by atoms with Gasteiger partial charge in [-0.15, -0.1) is 0 Å². The van der Waals surface area contributed by atoms with Crippen LogP contribution in [-0.4, -0.2) is 77.8 Å². The fourth-order valence-corrected chi connectivity index (χ4v) is 4.64. The Kier molecular flexibility index (Phi) is 8.42. The second-order valence-electron chi connectivity index (χ2n) is 9.04. The number of methoxy groups -OCH3 is 3. The first-order valence-electron chi connectivity index (χ1n) is 12.0. The summed E-state index contributed by atoms with van der Waals surface area (Å²) in [5.74, 6) is -1.05. The molecular formula is C26H30F2N4O6. The van der Waals surface area contributed by atoms with Crippen molar-refractivity contribution in [3.63, 3.8) is 0 Å². The van der Waals surface area contributed by atoms with Gasteiger partial charge in [0, 0.05) is 31.3 Å². The number of hydrogen-bond acceptors (Lipinski definition) is 9. The van der Waals surface area contributed by atoms with Crippen molar-refractivity contribution in [1.29, 1.82) is 0 Å². The molecule has 1 aliphatic rings. The zero-order chi connectivity index (χ0) is 27.3. The van der Waals surface area contributed by atoms with Crippen LogP contribution in [0.15, 0.2) is 43.0 Å². The molecule has 1 N–H and O–H groups in total. The van der Waals surface area contributed by atoms with Crippen LogP contribution in [0.5, 0.6) is 17.2 Å². The van der Waals surface area contributed by atoms with Crippen molar-refractivity contribution in [2.45, 2.75) is 31.1 Å². The van der Waals surface area contributed by atoms with Crippen LogP contribution in [0.2, 0.25) is 0 Å². The van der Waals surface area contributed by atoms with E-state index in [4.69, 9.17) is 18.9 Å². The van der Waals surface area contributed by atoms with E-state index in [-0.39, 0.29) is 30.3 Å². The largest absolute Gasteiger partial charge is 0.493 e. The molecule has 0 aliphatic carbocycles. The molecule has 4 rings (SSSR count). The van der Waals surface area contributed by atoms with Crippen molar-refractivity contribution < 1.29 is 37.6 Å². The monoisotopic (exact) mass is 532 g/mol. The fraction of sp³-hybridized carbons (Fsp3) is 0.423. The molecule has 2 heterocycles. The first kappa shape index (κ1) is 27.3. The van der Waals surface area contributed by atoms with E-state index in [9.17, 15) is 18.7 Å². The van der Waals surface area contributed by atoms with Gasteiger partial charge in [0.05, 0.1) is 33.4 Å². The average Bonchev–Trinajstić information content (AvgIpc) is 3.41. The number of rotatable bonds is 10. The number of aliphatic hydroxyl groups is 1. The molecule has 1 aliphatic heterocycles. The van der Waals surface area contributed by atoms with Crippen molar-refractivity contribution in [3.8, 4) is 17.2 Å². The SMILES string of the molecule is COc1cc(C(=O)OC2CCN(CC(O)(Cn3cncn3)c3ccc(F)cc3F)CC2)cc(OC)c1OC. The molecule has 1 aromatic heterocycles. The van der Waals surface area contributed by atoms with Crippen molar-refractivity contribution >= 4 is 5.97 Å². The molecule has 0 bridgehead atoms. The first-order chi connectivity index (χ1) is 18.3. The van der Waals surface area contributed by atoms with E-state index in [2.05, 4.69) is 10.1 Å². The summed E-state index contributed by atoms with van der Waals surface area (Å²) in [5, 5.41) is 15.6. The lowest BCUT2D eigenvalue weighted by atomic mass is 9.91. The summed E-state index contributed by atoms with van der Waals surface area (Å²) < 4.78 is 51.3. The summed E-state index contributed by atoms with van der Waals surface area (Å²) in [5.41, 5.74) is -1.48. The van der Waals surface area contributed by atoms with Gasteiger partial charge in [0.15, 0.2) is 11.5 Å². The van der Waals surface area contributed by atoms with Crippen molar-refractivity contribution in [2.75, 3.05) is 41.0 Å². The van der Waals surface area contributed by atoms with Gasteiger partial charge in [0.25, 0.3) is 0 Å². The van der Waals surface area contributed by atoms with E-state index in [0.717, 1.165) is 12.1 Å². The number of likely N-dealkylation sites (tertiary alicyclic amines) is 1. The highest BCUT2D eigenvalue weighted by molar-refractivity contribution is 5.91. The van der Waals surface area contributed by atoms with Gasteiger partial charge < -0.3 is 24.1 Å². The fourth-order valence-electron chi connectivity index (χ4n) is 4.64. The number of aromatic nitrogens is 3. The van der Waals surface area contributed by atoms with Crippen molar-refractivity contribution in [2.24, 2.45) is 0 Å². The second-order valence-corrected chi connectivity index (χ2v) is 9.04. The van der Waals surface area contributed by atoms with E-state index < -0.39 is 23.2 Å². The van der Waals surface area contributed by atoms with Crippen LogP contribution in [0.4, 0.5) is 8.78 Å². The lowest BCUT2D eigenvalue weighted by molar-refractivity contribution is -0.0397. The molecular weight excluding hydrogens is 502 g/mol. The number of carbonyl (C=O) groups excluding carboxylic acids is 1. The lowest BCUT2D eigenvalue weighted by Gasteiger charge is -2.38. The molecule has 0 amide bonds. The summed E-state index contributed by atoms with van der Waals surface area (Å²) >= 11 is 0. The molecule has 2 aromatic carbocycles. The quantitative estimate of drug-likeness (QED) is 0.395. The number of halogens is 2. The number of hydrogen-bond donors (Lipinski definition) is 1. The normalized spacial score (nSPS) is 16.1. The molecule has 3 aromatic rings. The van der Waals surface area contributed by atoms with Crippen LogP contribution < -0.4 is 14.2 Å². The van der Waals surface area contributed by atoms with Gasteiger partial charge in [-0.1, -0.05) is 6.07 Å². The number of β-amino-alcohol motifs (C(OH)–C–C–N with tert-alkyl or cyclic N) is 1. The summed E-state index contributed by atoms with van der Waals surface area (Å²) in [6, 6.07) is 6.16. The maximum Gasteiger partial charge on any atom is 0.338 e. The van der Waals surface area contributed by atoms with Crippen molar-refractivity contribution in [3.05, 3.63) is 65.7 Å². The molecule has 204 valence electrons. The minimum absolute atomic E-state index is 0.0367. The van der Waals surface area contributed by atoms with Crippen LogP contribution in [0, 0.1) is 11.6 Å². The molecule has 38 heavy (non-hydrogen) atoms. The maximum atomic E-state index is 14.7. The third-order valence-electron chi connectivity index (χ3n) is 6.52. The second kappa shape index (κ2) is 11.7. The van der Waals surface area contributed by atoms with Gasteiger partial charge in [-0.05, 0) is 31.0 Å². The number of ether oxygens (including phenoxy) is 4. The Balaban J connectivity index is 1.42. The molecule has 1 atom stereocenters. The molecule has 1 fully saturated rings. The van der Waals surface area contributed by atoms with Crippen LogP contribution >= 0.6 is 0 Å². The zero-order valence-corrected chi connectivity index (χ0v) is 21.4. The summed E-state index contributed by atoms with van der Waals surface area (Å²) in [6.45, 7) is 0.944. The Labute approximate surface area is 218 Å². The van der Waals surface area contributed by atoms with Crippen LogP contribution in [0.1, 0.15) is 28.8 Å². The van der Waals surface area contributed by atoms with Crippen LogP contribution in [0.3, 0.4) is 0 Å². The van der Waals surface area contributed by atoms with E-state index in [1.807, 2.05) is 4.90 Å². The Bertz CT molecular complexity index is 1230. The summed E-state index contributed by atoms with van der Waals surface area (Å²) in [4.78, 5) is 18.7. The smallest absolute Gasteiger partial charge is 0.338 e. The highest BCUT2D eigenvalue weighted by atomic mass is 19.1. The van der Waals surface area contributed by atoms with Crippen molar-refractivity contribution in [1.82, 2.24) is 19.7 Å². The summed E-state index contributed by atoms with van der Waals surface area (Å²) in [6.07, 6.45) is 3.38. The molecule has 12 heteroatoms.